The van der Waals surface area contributed by atoms with Crippen LogP contribution < -0.4 is 4.31 Å². The minimum atomic E-state index is -4.44. The summed E-state index contributed by atoms with van der Waals surface area (Å²) in [5, 5.41) is 0. The third-order valence-corrected chi connectivity index (χ3v) is 5.77. The van der Waals surface area contributed by atoms with Crippen LogP contribution in [-0.2, 0) is 22.7 Å². The fraction of sp³-hybridized carbons (Fsp3) is 0.100. The zero-order valence-electron chi connectivity index (χ0n) is 14.1. The van der Waals surface area contributed by atoms with E-state index < -0.39 is 21.8 Å². The average Bonchev–Trinajstić information content (AvgIpc) is 2.67. The summed E-state index contributed by atoms with van der Waals surface area (Å²) in [6, 6.07) is 20.9. The van der Waals surface area contributed by atoms with Crippen LogP contribution in [0.1, 0.15) is 11.1 Å². The Morgan fingerprint density at radius 1 is 0.741 bits per heavy atom. The monoisotopic (exact) mass is 391 g/mol. The maximum atomic E-state index is 13.1. The summed E-state index contributed by atoms with van der Waals surface area (Å²) in [7, 11) is -3.88. The number of para-hydroxylation sites is 1. The second-order valence-corrected chi connectivity index (χ2v) is 7.72. The van der Waals surface area contributed by atoms with E-state index in [0.29, 0.717) is 11.3 Å². The van der Waals surface area contributed by atoms with Crippen LogP contribution >= 0.6 is 0 Å². The van der Waals surface area contributed by atoms with E-state index >= 15 is 0 Å². The van der Waals surface area contributed by atoms with Gasteiger partial charge in [0.15, 0.2) is 0 Å². The van der Waals surface area contributed by atoms with Gasteiger partial charge in [-0.1, -0.05) is 48.5 Å². The predicted octanol–water partition coefficient (Wildman–Crippen LogP) is 5.10. The van der Waals surface area contributed by atoms with E-state index in [1.165, 1.54) is 28.6 Å². The van der Waals surface area contributed by atoms with Crippen molar-refractivity contribution in [3.8, 4) is 0 Å². The highest BCUT2D eigenvalue weighted by atomic mass is 32.2. The molecule has 0 radical (unpaired) electrons. The molecular formula is C20H16F3NO2S. The molecule has 3 aromatic carbocycles. The highest BCUT2D eigenvalue weighted by Gasteiger charge is 2.30. The topological polar surface area (TPSA) is 37.4 Å². The van der Waals surface area contributed by atoms with Crippen LogP contribution in [0.2, 0.25) is 0 Å². The highest BCUT2D eigenvalue weighted by molar-refractivity contribution is 7.92. The predicted molar refractivity (Wildman–Crippen MR) is 97.7 cm³/mol. The van der Waals surface area contributed by atoms with Crippen molar-refractivity contribution < 1.29 is 21.6 Å². The Bertz CT molecular complexity index is 987. The van der Waals surface area contributed by atoms with Gasteiger partial charge < -0.3 is 0 Å². The lowest BCUT2D eigenvalue weighted by Crippen LogP contribution is -2.30. The molecule has 0 saturated carbocycles. The van der Waals surface area contributed by atoms with E-state index in [4.69, 9.17) is 0 Å². The van der Waals surface area contributed by atoms with Crippen LogP contribution in [0.25, 0.3) is 0 Å². The Kier molecular flexibility index (Phi) is 5.23. The second kappa shape index (κ2) is 7.44. The first-order valence-electron chi connectivity index (χ1n) is 8.07. The number of alkyl halides is 3. The number of halogens is 3. The number of hydrogen-bond donors (Lipinski definition) is 0. The lowest BCUT2D eigenvalue weighted by Gasteiger charge is -2.25. The summed E-state index contributed by atoms with van der Waals surface area (Å²) in [6.07, 6.45) is -4.44. The summed E-state index contributed by atoms with van der Waals surface area (Å²) in [4.78, 5) is 0.112. The van der Waals surface area contributed by atoms with Gasteiger partial charge in [0.1, 0.15) is 0 Å². The molecule has 0 aliphatic carbocycles. The first-order valence-corrected chi connectivity index (χ1v) is 9.51. The van der Waals surface area contributed by atoms with Crippen LogP contribution in [0.15, 0.2) is 89.8 Å². The fourth-order valence-electron chi connectivity index (χ4n) is 2.59. The highest BCUT2D eigenvalue weighted by Crippen LogP contribution is 2.30. The molecule has 140 valence electrons. The third kappa shape index (κ3) is 4.31. The number of benzene rings is 3. The number of anilines is 1. The van der Waals surface area contributed by atoms with E-state index in [1.54, 1.807) is 48.5 Å². The molecule has 0 heterocycles. The zero-order valence-corrected chi connectivity index (χ0v) is 14.9. The minimum absolute atomic E-state index is 0.0840. The molecule has 7 heteroatoms. The number of nitrogens with zero attached hydrogens (tertiary/aromatic N) is 1. The molecule has 0 atom stereocenters. The Labute approximate surface area is 155 Å². The standard InChI is InChI=1S/C20H16F3NO2S/c21-20(22,23)17-13-11-16(12-14-17)15-24(18-7-3-1-4-8-18)27(25,26)19-9-5-2-6-10-19/h1-14H,15H2. The molecule has 0 N–H and O–H groups in total. The van der Waals surface area contributed by atoms with Gasteiger partial charge in [0.05, 0.1) is 22.7 Å². The number of hydrogen-bond acceptors (Lipinski definition) is 2. The van der Waals surface area contributed by atoms with Crippen LogP contribution in [0.5, 0.6) is 0 Å². The Morgan fingerprint density at radius 3 is 1.78 bits per heavy atom. The van der Waals surface area contributed by atoms with Gasteiger partial charge in [-0.2, -0.15) is 13.2 Å². The van der Waals surface area contributed by atoms with E-state index in [9.17, 15) is 21.6 Å². The fourth-order valence-corrected chi connectivity index (χ4v) is 4.07. The summed E-state index contributed by atoms with van der Waals surface area (Å²) in [6.45, 7) is -0.0840. The van der Waals surface area contributed by atoms with Gasteiger partial charge in [-0.15, -0.1) is 0 Å². The molecule has 3 rings (SSSR count). The van der Waals surface area contributed by atoms with Crippen molar-refractivity contribution in [3.05, 3.63) is 96.1 Å². The Morgan fingerprint density at radius 2 is 1.26 bits per heavy atom. The van der Waals surface area contributed by atoms with Gasteiger partial charge in [-0.3, -0.25) is 4.31 Å². The molecule has 0 unspecified atom stereocenters. The summed E-state index contributed by atoms with van der Waals surface area (Å²) >= 11 is 0. The summed E-state index contributed by atoms with van der Waals surface area (Å²) in [5.41, 5.74) is 0.107. The summed E-state index contributed by atoms with van der Waals surface area (Å²) < 4.78 is 65.7. The van der Waals surface area contributed by atoms with Crippen LogP contribution in [-0.4, -0.2) is 8.42 Å². The van der Waals surface area contributed by atoms with E-state index in [1.807, 2.05) is 0 Å². The summed E-state index contributed by atoms with van der Waals surface area (Å²) in [5.74, 6) is 0. The number of rotatable bonds is 5. The molecule has 3 aromatic rings. The van der Waals surface area contributed by atoms with Crippen molar-refractivity contribution in [2.24, 2.45) is 0 Å². The van der Waals surface area contributed by atoms with Crippen molar-refractivity contribution in [1.82, 2.24) is 0 Å². The van der Waals surface area contributed by atoms with Gasteiger partial charge in [-0.25, -0.2) is 8.42 Å². The maximum absolute atomic E-state index is 13.1. The second-order valence-electron chi connectivity index (χ2n) is 5.85. The molecule has 0 aliphatic rings. The van der Waals surface area contributed by atoms with Crippen molar-refractivity contribution in [1.29, 1.82) is 0 Å². The molecule has 27 heavy (non-hydrogen) atoms. The first-order chi connectivity index (χ1) is 12.8. The zero-order chi connectivity index (χ0) is 19.5. The molecule has 3 nitrogen and oxygen atoms in total. The molecule has 0 fully saturated rings. The molecular weight excluding hydrogens is 375 g/mol. The van der Waals surface area contributed by atoms with Crippen molar-refractivity contribution >= 4 is 15.7 Å². The van der Waals surface area contributed by atoms with Crippen molar-refractivity contribution in [2.45, 2.75) is 17.6 Å². The van der Waals surface area contributed by atoms with Crippen LogP contribution in [0.4, 0.5) is 18.9 Å². The minimum Gasteiger partial charge on any atom is -0.262 e. The molecule has 0 bridgehead atoms. The van der Waals surface area contributed by atoms with Crippen LogP contribution in [0, 0.1) is 0 Å². The molecule has 0 aromatic heterocycles. The molecule has 0 aliphatic heterocycles. The normalized spacial score (nSPS) is 12.0. The van der Waals surface area contributed by atoms with E-state index in [0.717, 1.165) is 12.1 Å². The number of sulfonamides is 1. The maximum Gasteiger partial charge on any atom is 0.416 e. The lowest BCUT2D eigenvalue weighted by atomic mass is 10.1. The van der Waals surface area contributed by atoms with Gasteiger partial charge in [0, 0.05) is 0 Å². The van der Waals surface area contributed by atoms with Crippen LogP contribution in [0.3, 0.4) is 0 Å². The largest absolute Gasteiger partial charge is 0.416 e. The molecule has 0 spiro atoms. The lowest BCUT2D eigenvalue weighted by molar-refractivity contribution is -0.137. The van der Waals surface area contributed by atoms with Gasteiger partial charge in [-0.05, 0) is 42.0 Å². The van der Waals surface area contributed by atoms with E-state index in [2.05, 4.69) is 0 Å². The first kappa shape index (κ1) is 19.0. The smallest absolute Gasteiger partial charge is 0.262 e. The molecule has 0 saturated heterocycles. The van der Waals surface area contributed by atoms with Gasteiger partial charge in [0.2, 0.25) is 0 Å². The molecule has 0 amide bonds. The van der Waals surface area contributed by atoms with Gasteiger partial charge >= 0.3 is 6.18 Å². The average molecular weight is 391 g/mol. The van der Waals surface area contributed by atoms with E-state index in [-0.39, 0.29) is 11.4 Å². The quantitative estimate of drug-likeness (QED) is 0.607. The Hall–Kier alpha value is -2.80. The van der Waals surface area contributed by atoms with Gasteiger partial charge in [0.25, 0.3) is 10.0 Å². The Balaban J connectivity index is 1.99. The van der Waals surface area contributed by atoms with Crippen molar-refractivity contribution in [3.63, 3.8) is 0 Å². The third-order valence-electron chi connectivity index (χ3n) is 3.98. The SMILES string of the molecule is O=S(=O)(c1ccccc1)N(Cc1ccc(C(F)(F)F)cc1)c1ccccc1. The van der Waals surface area contributed by atoms with Crippen molar-refractivity contribution in [2.75, 3.05) is 4.31 Å².